The highest BCUT2D eigenvalue weighted by Crippen LogP contribution is 2.31. The van der Waals surface area contributed by atoms with Crippen LogP contribution in [0.4, 0.5) is 0 Å². The molecule has 0 bridgehead atoms. The fourth-order valence-corrected chi connectivity index (χ4v) is 2.33. The summed E-state index contributed by atoms with van der Waals surface area (Å²) in [4.78, 5) is 36.8. The summed E-state index contributed by atoms with van der Waals surface area (Å²) in [5.74, 6) is -0.721. The van der Waals surface area contributed by atoms with Gasteiger partial charge in [-0.25, -0.2) is 0 Å². The van der Waals surface area contributed by atoms with Crippen LogP contribution in [0.3, 0.4) is 0 Å². The third-order valence-corrected chi connectivity index (χ3v) is 3.38. The highest BCUT2D eigenvalue weighted by atomic mass is 16.5. The number of nitrogens with zero attached hydrogens (tertiary/aromatic N) is 1. The van der Waals surface area contributed by atoms with E-state index in [4.69, 9.17) is 4.74 Å². The Kier molecular flexibility index (Phi) is 5.28. The van der Waals surface area contributed by atoms with Gasteiger partial charge in [-0.15, -0.1) is 0 Å². The van der Waals surface area contributed by atoms with Crippen molar-refractivity contribution in [3.8, 4) is 0 Å². The molecule has 0 aliphatic carbocycles. The van der Waals surface area contributed by atoms with E-state index in [1.54, 1.807) is 13.8 Å². The first-order chi connectivity index (χ1) is 9.19. The number of carbonyl (C=O) groups excluding carboxylic acids is 3. The van der Waals surface area contributed by atoms with Gasteiger partial charge in [-0.05, 0) is 6.42 Å². The summed E-state index contributed by atoms with van der Waals surface area (Å²) < 4.78 is 4.73. The van der Waals surface area contributed by atoms with Crippen molar-refractivity contribution in [1.29, 1.82) is 0 Å². The Morgan fingerprint density at radius 3 is 2.40 bits per heavy atom. The van der Waals surface area contributed by atoms with Crippen LogP contribution < -0.4 is 5.32 Å². The average molecular weight is 284 g/mol. The molecule has 1 atom stereocenters. The van der Waals surface area contributed by atoms with E-state index in [9.17, 15) is 14.4 Å². The molecule has 2 amide bonds. The fourth-order valence-electron chi connectivity index (χ4n) is 2.33. The maximum Gasteiger partial charge on any atom is 0.322 e. The molecule has 0 spiro atoms. The van der Waals surface area contributed by atoms with Crippen LogP contribution in [-0.4, -0.2) is 48.4 Å². The van der Waals surface area contributed by atoms with Crippen molar-refractivity contribution in [2.24, 2.45) is 5.41 Å². The Bertz CT molecular complexity index is 404. The van der Waals surface area contributed by atoms with E-state index in [0.29, 0.717) is 6.42 Å². The van der Waals surface area contributed by atoms with Gasteiger partial charge in [0.25, 0.3) is 0 Å². The molecule has 1 aliphatic heterocycles. The van der Waals surface area contributed by atoms with Gasteiger partial charge in [-0.1, -0.05) is 27.7 Å². The van der Waals surface area contributed by atoms with Crippen molar-refractivity contribution in [3.63, 3.8) is 0 Å². The Morgan fingerprint density at radius 2 is 2.00 bits per heavy atom. The molecule has 1 fully saturated rings. The first-order valence-corrected chi connectivity index (χ1v) is 6.87. The molecule has 6 nitrogen and oxygen atoms in total. The predicted octanol–water partition coefficient (Wildman–Crippen LogP) is 0.701. The molecular formula is C14H24N2O4. The SMILES string of the molecule is COC(=O)C(CCN1C(=O)CC(C)(C)C1=O)NC(C)C. The molecule has 0 radical (unpaired) electrons. The number of methoxy groups -OCH3 is 1. The normalized spacial score (nSPS) is 19.6. The molecular weight excluding hydrogens is 260 g/mol. The lowest BCUT2D eigenvalue weighted by molar-refractivity contribution is -0.146. The maximum atomic E-state index is 12.1. The molecule has 20 heavy (non-hydrogen) atoms. The molecule has 114 valence electrons. The topological polar surface area (TPSA) is 75.7 Å². The zero-order chi connectivity index (χ0) is 15.5. The zero-order valence-electron chi connectivity index (χ0n) is 12.9. The number of rotatable bonds is 6. The van der Waals surface area contributed by atoms with E-state index >= 15 is 0 Å². The lowest BCUT2D eigenvalue weighted by atomic mass is 9.92. The third-order valence-electron chi connectivity index (χ3n) is 3.38. The molecule has 1 aliphatic rings. The molecule has 0 aromatic heterocycles. The number of hydrogen-bond acceptors (Lipinski definition) is 5. The molecule has 1 saturated heterocycles. The van der Waals surface area contributed by atoms with Crippen LogP contribution >= 0.6 is 0 Å². The minimum Gasteiger partial charge on any atom is -0.468 e. The number of amides is 2. The van der Waals surface area contributed by atoms with Crippen molar-refractivity contribution in [2.45, 2.75) is 52.6 Å². The minimum absolute atomic E-state index is 0.112. The van der Waals surface area contributed by atoms with Gasteiger partial charge >= 0.3 is 5.97 Å². The van der Waals surface area contributed by atoms with E-state index in [2.05, 4.69) is 5.32 Å². The number of esters is 1. The van der Waals surface area contributed by atoms with Crippen molar-refractivity contribution < 1.29 is 19.1 Å². The number of hydrogen-bond donors (Lipinski definition) is 1. The molecule has 1 heterocycles. The number of likely N-dealkylation sites (tertiary alicyclic amines) is 1. The quantitative estimate of drug-likeness (QED) is 0.574. The Hall–Kier alpha value is -1.43. The van der Waals surface area contributed by atoms with E-state index in [-0.39, 0.29) is 36.8 Å². The summed E-state index contributed by atoms with van der Waals surface area (Å²) in [7, 11) is 1.33. The van der Waals surface area contributed by atoms with E-state index in [0.717, 1.165) is 0 Å². The third kappa shape index (κ3) is 3.79. The summed E-state index contributed by atoms with van der Waals surface area (Å²) in [6.07, 6.45) is 0.588. The highest BCUT2D eigenvalue weighted by Gasteiger charge is 2.44. The molecule has 1 rings (SSSR count). The predicted molar refractivity (Wildman–Crippen MR) is 73.8 cm³/mol. The summed E-state index contributed by atoms with van der Waals surface area (Å²) in [6.45, 7) is 7.60. The van der Waals surface area contributed by atoms with Crippen LogP contribution in [0.25, 0.3) is 0 Å². The maximum absolute atomic E-state index is 12.1. The monoisotopic (exact) mass is 284 g/mol. The van der Waals surface area contributed by atoms with E-state index in [1.165, 1.54) is 12.0 Å². The van der Waals surface area contributed by atoms with Gasteiger partial charge in [0.05, 0.1) is 12.5 Å². The zero-order valence-corrected chi connectivity index (χ0v) is 12.9. The molecule has 0 saturated carbocycles. The standard InChI is InChI=1S/C14H24N2O4/c1-9(2)15-10(12(18)20-5)6-7-16-11(17)8-14(3,4)13(16)19/h9-10,15H,6-8H2,1-5H3. The minimum atomic E-state index is -0.636. The lowest BCUT2D eigenvalue weighted by Crippen LogP contribution is -2.45. The summed E-state index contributed by atoms with van der Waals surface area (Å²) in [5.41, 5.74) is -0.636. The van der Waals surface area contributed by atoms with Gasteiger partial charge in [-0.3, -0.25) is 19.3 Å². The molecule has 1 N–H and O–H groups in total. The van der Waals surface area contributed by atoms with Crippen LogP contribution in [0, 0.1) is 5.41 Å². The van der Waals surface area contributed by atoms with Gasteiger partial charge in [0.2, 0.25) is 11.8 Å². The Balaban J connectivity index is 2.66. The van der Waals surface area contributed by atoms with Gasteiger partial charge in [-0.2, -0.15) is 0 Å². The number of carbonyl (C=O) groups is 3. The first kappa shape index (κ1) is 16.6. The van der Waals surface area contributed by atoms with Gasteiger partial charge in [0, 0.05) is 19.0 Å². The Labute approximate surface area is 119 Å². The molecule has 0 aromatic carbocycles. The smallest absolute Gasteiger partial charge is 0.322 e. The van der Waals surface area contributed by atoms with Gasteiger partial charge in [0.1, 0.15) is 6.04 Å². The van der Waals surface area contributed by atoms with Crippen molar-refractivity contribution in [2.75, 3.05) is 13.7 Å². The fraction of sp³-hybridized carbons (Fsp3) is 0.786. The number of imide groups is 1. The van der Waals surface area contributed by atoms with Crippen LogP contribution in [-0.2, 0) is 19.1 Å². The second kappa shape index (κ2) is 6.35. The average Bonchev–Trinajstić information content (AvgIpc) is 2.53. The second-order valence-corrected chi connectivity index (χ2v) is 6.10. The molecule has 1 unspecified atom stereocenters. The highest BCUT2D eigenvalue weighted by molar-refractivity contribution is 6.05. The van der Waals surface area contributed by atoms with Crippen LogP contribution in [0.2, 0.25) is 0 Å². The largest absolute Gasteiger partial charge is 0.468 e. The van der Waals surface area contributed by atoms with Gasteiger partial charge < -0.3 is 10.1 Å². The van der Waals surface area contributed by atoms with Crippen molar-refractivity contribution >= 4 is 17.8 Å². The van der Waals surface area contributed by atoms with Crippen molar-refractivity contribution in [1.82, 2.24) is 10.2 Å². The van der Waals surface area contributed by atoms with Gasteiger partial charge in [0.15, 0.2) is 0 Å². The molecule has 6 heteroatoms. The van der Waals surface area contributed by atoms with Crippen LogP contribution in [0.5, 0.6) is 0 Å². The van der Waals surface area contributed by atoms with Crippen LogP contribution in [0.1, 0.15) is 40.5 Å². The summed E-state index contributed by atoms with van der Waals surface area (Å²) >= 11 is 0. The number of ether oxygens (including phenoxy) is 1. The van der Waals surface area contributed by atoms with Crippen molar-refractivity contribution in [3.05, 3.63) is 0 Å². The number of nitrogens with one attached hydrogen (secondary N) is 1. The van der Waals surface area contributed by atoms with Crippen LogP contribution in [0.15, 0.2) is 0 Å². The van der Waals surface area contributed by atoms with E-state index < -0.39 is 11.5 Å². The van der Waals surface area contributed by atoms with E-state index in [1.807, 2.05) is 13.8 Å². The first-order valence-electron chi connectivity index (χ1n) is 6.87. The lowest BCUT2D eigenvalue weighted by Gasteiger charge is -2.22. The summed E-state index contributed by atoms with van der Waals surface area (Å²) in [5, 5.41) is 3.08. The molecule has 0 aromatic rings. The Morgan fingerprint density at radius 1 is 1.40 bits per heavy atom. The second-order valence-electron chi connectivity index (χ2n) is 6.10. The summed E-state index contributed by atoms with van der Waals surface area (Å²) in [6, 6.07) is -0.398.